The predicted molar refractivity (Wildman–Crippen MR) is 80.2 cm³/mol. The Balaban J connectivity index is 2.74. The van der Waals surface area contributed by atoms with Gasteiger partial charge in [0, 0.05) is 19.2 Å². The molecule has 2 N–H and O–H groups in total. The lowest BCUT2D eigenvalue weighted by atomic mass is 10.1. The van der Waals surface area contributed by atoms with Gasteiger partial charge < -0.3 is 14.6 Å². The van der Waals surface area contributed by atoms with Crippen molar-refractivity contribution in [3.8, 4) is 11.5 Å². The molecular formula is C14H23NO5S. The lowest BCUT2D eigenvalue weighted by Gasteiger charge is -2.12. The van der Waals surface area contributed by atoms with Gasteiger partial charge >= 0.3 is 0 Å². The molecule has 0 saturated carbocycles. The van der Waals surface area contributed by atoms with Crippen molar-refractivity contribution in [1.29, 1.82) is 0 Å². The second kappa shape index (κ2) is 8.21. The summed E-state index contributed by atoms with van der Waals surface area (Å²) in [7, 11) is -0.709. The summed E-state index contributed by atoms with van der Waals surface area (Å²) in [6.07, 6.45) is 1.43. The van der Waals surface area contributed by atoms with Crippen LogP contribution in [0.3, 0.4) is 0 Å². The number of nitrogens with one attached hydrogen (secondary N) is 1. The predicted octanol–water partition coefficient (Wildman–Crippen LogP) is 1.39. The zero-order valence-electron chi connectivity index (χ0n) is 12.6. The first-order valence-electron chi connectivity index (χ1n) is 6.77. The number of hydrogen-bond donors (Lipinski definition) is 2. The van der Waals surface area contributed by atoms with Gasteiger partial charge in [-0.15, -0.1) is 0 Å². The molecule has 0 aliphatic heterocycles. The van der Waals surface area contributed by atoms with Gasteiger partial charge in [0.1, 0.15) is 16.4 Å². The number of aliphatic hydroxyl groups excluding tert-OH is 1. The summed E-state index contributed by atoms with van der Waals surface area (Å²) >= 11 is 0. The molecule has 1 unspecified atom stereocenters. The summed E-state index contributed by atoms with van der Waals surface area (Å²) in [4.78, 5) is 0.0843. The Kier molecular flexibility index (Phi) is 6.94. The van der Waals surface area contributed by atoms with Crippen molar-refractivity contribution < 1.29 is 23.0 Å². The van der Waals surface area contributed by atoms with E-state index in [0.717, 1.165) is 6.42 Å². The molecule has 0 spiro atoms. The molecule has 0 aromatic heterocycles. The molecule has 1 aromatic carbocycles. The third-order valence-electron chi connectivity index (χ3n) is 3.14. The van der Waals surface area contributed by atoms with Gasteiger partial charge in [-0.1, -0.05) is 6.92 Å². The summed E-state index contributed by atoms with van der Waals surface area (Å²) in [5.41, 5.74) is 0. The Hall–Kier alpha value is -1.31. The van der Waals surface area contributed by atoms with E-state index in [2.05, 4.69) is 4.72 Å². The maximum Gasteiger partial charge on any atom is 0.244 e. The van der Waals surface area contributed by atoms with Crippen molar-refractivity contribution in [2.45, 2.75) is 24.7 Å². The van der Waals surface area contributed by atoms with Crippen molar-refractivity contribution in [1.82, 2.24) is 4.72 Å². The molecular weight excluding hydrogens is 294 g/mol. The van der Waals surface area contributed by atoms with E-state index in [1.807, 2.05) is 6.92 Å². The van der Waals surface area contributed by atoms with Crippen LogP contribution in [0.4, 0.5) is 0 Å². The van der Waals surface area contributed by atoms with Gasteiger partial charge in [-0.25, -0.2) is 13.1 Å². The van der Waals surface area contributed by atoms with Gasteiger partial charge in [0.2, 0.25) is 10.0 Å². The summed E-state index contributed by atoms with van der Waals surface area (Å²) in [5.74, 6) is 0.943. The number of hydrogen-bond acceptors (Lipinski definition) is 5. The van der Waals surface area contributed by atoms with E-state index >= 15 is 0 Å². The molecule has 0 radical (unpaired) electrons. The first-order chi connectivity index (χ1) is 9.94. The van der Waals surface area contributed by atoms with E-state index in [4.69, 9.17) is 14.6 Å². The van der Waals surface area contributed by atoms with Gasteiger partial charge in [-0.3, -0.25) is 0 Å². The molecule has 120 valence electrons. The Morgan fingerprint density at radius 2 is 2.00 bits per heavy atom. The Morgan fingerprint density at radius 1 is 1.29 bits per heavy atom. The van der Waals surface area contributed by atoms with Crippen LogP contribution in [-0.4, -0.2) is 40.9 Å². The van der Waals surface area contributed by atoms with Gasteiger partial charge in [0.05, 0.1) is 14.2 Å². The van der Waals surface area contributed by atoms with Gasteiger partial charge in [0.25, 0.3) is 0 Å². The molecule has 6 nitrogen and oxygen atoms in total. The Bertz CT molecular complexity index is 544. The number of aliphatic hydroxyl groups is 1. The third kappa shape index (κ3) is 5.18. The van der Waals surface area contributed by atoms with Crippen LogP contribution in [-0.2, 0) is 10.0 Å². The van der Waals surface area contributed by atoms with Gasteiger partial charge in [-0.2, -0.15) is 0 Å². The first-order valence-corrected chi connectivity index (χ1v) is 8.25. The van der Waals surface area contributed by atoms with Crippen LogP contribution in [0.5, 0.6) is 11.5 Å². The number of methoxy groups -OCH3 is 2. The number of sulfonamides is 1. The Labute approximate surface area is 126 Å². The maximum absolute atomic E-state index is 12.2. The minimum Gasteiger partial charge on any atom is -0.497 e. The largest absolute Gasteiger partial charge is 0.497 e. The number of rotatable bonds is 9. The minimum atomic E-state index is -3.63. The quantitative estimate of drug-likeness (QED) is 0.672. The molecule has 0 aliphatic carbocycles. The van der Waals surface area contributed by atoms with Crippen LogP contribution < -0.4 is 14.2 Å². The molecule has 0 heterocycles. The average Bonchev–Trinajstić information content (AvgIpc) is 2.50. The van der Waals surface area contributed by atoms with Crippen molar-refractivity contribution >= 4 is 10.0 Å². The smallest absolute Gasteiger partial charge is 0.244 e. The first kappa shape index (κ1) is 17.7. The van der Waals surface area contributed by atoms with E-state index in [1.165, 1.54) is 26.4 Å². The van der Waals surface area contributed by atoms with Crippen molar-refractivity contribution in [2.24, 2.45) is 5.92 Å². The molecule has 1 rings (SSSR count). The fraction of sp³-hybridized carbons (Fsp3) is 0.571. The van der Waals surface area contributed by atoms with E-state index in [-0.39, 0.29) is 23.2 Å². The summed E-state index contributed by atoms with van der Waals surface area (Å²) < 4.78 is 37.2. The van der Waals surface area contributed by atoms with Crippen molar-refractivity contribution in [2.75, 3.05) is 27.4 Å². The van der Waals surface area contributed by atoms with Crippen molar-refractivity contribution in [3.05, 3.63) is 18.2 Å². The molecule has 0 fully saturated rings. The van der Waals surface area contributed by atoms with E-state index in [9.17, 15) is 8.42 Å². The SMILES string of the molecule is COc1ccc(S(=O)(=O)NCCCC(C)CO)c(OC)c1. The van der Waals surface area contributed by atoms with Crippen molar-refractivity contribution in [3.63, 3.8) is 0 Å². The minimum absolute atomic E-state index is 0.0843. The molecule has 21 heavy (non-hydrogen) atoms. The van der Waals surface area contributed by atoms with Crippen LogP contribution in [0.1, 0.15) is 19.8 Å². The van der Waals surface area contributed by atoms with Gasteiger partial charge in [-0.05, 0) is 30.9 Å². The highest BCUT2D eigenvalue weighted by Gasteiger charge is 2.19. The average molecular weight is 317 g/mol. The highest BCUT2D eigenvalue weighted by molar-refractivity contribution is 7.89. The van der Waals surface area contributed by atoms with E-state index in [0.29, 0.717) is 18.7 Å². The molecule has 7 heteroatoms. The standard InChI is InChI=1S/C14H23NO5S/c1-11(10-16)5-4-8-15-21(17,18)14-7-6-12(19-2)9-13(14)20-3/h6-7,9,11,15-16H,4-5,8,10H2,1-3H3. The second-order valence-corrected chi connectivity index (χ2v) is 6.58. The topological polar surface area (TPSA) is 84.9 Å². The van der Waals surface area contributed by atoms with Crippen LogP contribution in [0.25, 0.3) is 0 Å². The summed E-state index contributed by atoms with van der Waals surface area (Å²) in [6.45, 7) is 2.35. The zero-order valence-corrected chi connectivity index (χ0v) is 13.4. The zero-order chi connectivity index (χ0) is 15.9. The monoisotopic (exact) mass is 317 g/mol. The highest BCUT2D eigenvalue weighted by Crippen LogP contribution is 2.28. The fourth-order valence-electron chi connectivity index (χ4n) is 1.82. The summed E-state index contributed by atoms with van der Waals surface area (Å²) in [6, 6.07) is 4.56. The molecule has 1 atom stereocenters. The van der Waals surface area contributed by atoms with E-state index < -0.39 is 10.0 Å². The molecule has 1 aromatic rings. The number of benzene rings is 1. The maximum atomic E-state index is 12.2. The normalized spacial score (nSPS) is 13.0. The molecule has 0 bridgehead atoms. The van der Waals surface area contributed by atoms with Gasteiger partial charge in [0.15, 0.2) is 0 Å². The summed E-state index contributed by atoms with van der Waals surface area (Å²) in [5, 5.41) is 8.92. The number of ether oxygens (including phenoxy) is 2. The Morgan fingerprint density at radius 3 is 2.57 bits per heavy atom. The van der Waals surface area contributed by atoms with Crippen LogP contribution >= 0.6 is 0 Å². The highest BCUT2D eigenvalue weighted by atomic mass is 32.2. The lowest BCUT2D eigenvalue weighted by Crippen LogP contribution is -2.25. The lowest BCUT2D eigenvalue weighted by molar-refractivity contribution is 0.228. The second-order valence-electron chi connectivity index (χ2n) is 4.84. The van der Waals surface area contributed by atoms with Crippen LogP contribution in [0, 0.1) is 5.92 Å². The molecule has 0 amide bonds. The molecule has 0 saturated heterocycles. The fourth-order valence-corrected chi connectivity index (χ4v) is 3.05. The third-order valence-corrected chi connectivity index (χ3v) is 4.64. The van der Waals surface area contributed by atoms with Crippen LogP contribution in [0.15, 0.2) is 23.1 Å². The van der Waals surface area contributed by atoms with E-state index in [1.54, 1.807) is 6.07 Å². The van der Waals surface area contributed by atoms with Crippen LogP contribution in [0.2, 0.25) is 0 Å². The molecule has 0 aliphatic rings.